The van der Waals surface area contributed by atoms with Crippen molar-refractivity contribution in [3.8, 4) is 0 Å². The molecular weight excluding hydrogens is 204 g/mol. The van der Waals surface area contributed by atoms with Crippen LogP contribution in [0.25, 0.3) is 0 Å². The molecule has 3 N–H and O–H groups in total. The van der Waals surface area contributed by atoms with E-state index in [2.05, 4.69) is 22.2 Å². The summed E-state index contributed by atoms with van der Waals surface area (Å²) in [6.07, 6.45) is 1.66. The molecule has 1 rings (SSSR count). The third-order valence-electron chi connectivity index (χ3n) is 3.24. The lowest BCUT2D eigenvalue weighted by Crippen LogP contribution is -2.45. The maximum Gasteiger partial charge on any atom is 0.221 e. The predicted molar refractivity (Wildman–Crippen MR) is 65.2 cm³/mol. The normalized spacial score (nSPS) is 21.4. The van der Waals surface area contributed by atoms with Crippen LogP contribution in [0.2, 0.25) is 0 Å². The summed E-state index contributed by atoms with van der Waals surface area (Å²) in [5, 5.41) is 2.66. The second-order valence-electron chi connectivity index (χ2n) is 4.46. The quantitative estimate of drug-likeness (QED) is 0.654. The van der Waals surface area contributed by atoms with Gasteiger partial charge in [-0.1, -0.05) is 0 Å². The van der Waals surface area contributed by atoms with Gasteiger partial charge >= 0.3 is 0 Å². The van der Waals surface area contributed by atoms with Crippen molar-refractivity contribution in [1.82, 2.24) is 15.1 Å². The van der Waals surface area contributed by atoms with Crippen LogP contribution in [0.1, 0.15) is 12.8 Å². The average molecular weight is 228 g/mol. The van der Waals surface area contributed by atoms with Crippen LogP contribution in [0, 0.1) is 0 Å². The zero-order valence-electron chi connectivity index (χ0n) is 10.4. The molecule has 1 atom stereocenters. The van der Waals surface area contributed by atoms with E-state index in [0.717, 1.165) is 32.6 Å². The van der Waals surface area contributed by atoms with E-state index in [0.29, 0.717) is 13.0 Å². The summed E-state index contributed by atoms with van der Waals surface area (Å²) in [6, 6.07) is 0.187. The molecule has 1 heterocycles. The minimum absolute atomic E-state index is 0.0769. The Morgan fingerprint density at radius 3 is 2.75 bits per heavy atom. The van der Waals surface area contributed by atoms with Gasteiger partial charge in [0.2, 0.25) is 5.91 Å². The fraction of sp³-hybridized carbons (Fsp3) is 0.909. The van der Waals surface area contributed by atoms with Crippen LogP contribution < -0.4 is 11.1 Å². The molecule has 94 valence electrons. The van der Waals surface area contributed by atoms with Crippen LogP contribution in [0.4, 0.5) is 0 Å². The van der Waals surface area contributed by atoms with Crippen molar-refractivity contribution < 1.29 is 4.79 Å². The zero-order valence-corrected chi connectivity index (χ0v) is 10.4. The Bertz CT molecular complexity index is 222. The van der Waals surface area contributed by atoms with E-state index in [1.54, 1.807) is 7.05 Å². The van der Waals surface area contributed by atoms with Crippen molar-refractivity contribution in [1.29, 1.82) is 0 Å². The summed E-state index contributed by atoms with van der Waals surface area (Å²) in [4.78, 5) is 16.0. The summed E-state index contributed by atoms with van der Waals surface area (Å²) in [6.45, 7) is 4.80. The molecule has 0 saturated carbocycles. The molecule has 1 amide bonds. The van der Waals surface area contributed by atoms with E-state index >= 15 is 0 Å². The number of hydrogen-bond acceptors (Lipinski definition) is 4. The van der Waals surface area contributed by atoms with Gasteiger partial charge < -0.3 is 16.0 Å². The highest BCUT2D eigenvalue weighted by Gasteiger charge is 2.21. The Morgan fingerprint density at radius 2 is 2.12 bits per heavy atom. The third kappa shape index (κ3) is 4.08. The highest BCUT2D eigenvalue weighted by atomic mass is 16.1. The average Bonchev–Trinajstić information content (AvgIpc) is 2.50. The molecule has 0 aliphatic carbocycles. The summed E-state index contributed by atoms with van der Waals surface area (Å²) in [5.74, 6) is 0.0769. The van der Waals surface area contributed by atoms with Crippen molar-refractivity contribution in [3.63, 3.8) is 0 Å². The SMILES string of the molecule is CNC(=O)CC(CN)N1CCCN(C)CC1. The van der Waals surface area contributed by atoms with Crippen molar-refractivity contribution in [2.24, 2.45) is 5.73 Å². The van der Waals surface area contributed by atoms with Crippen LogP contribution >= 0.6 is 0 Å². The molecule has 0 radical (unpaired) electrons. The van der Waals surface area contributed by atoms with E-state index in [1.807, 2.05) is 0 Å². The maximum absolute atomic E-state index is 11.4. The summed E-state index contributed by atoms with van der Waals surface area (Å²) in [5.41, 5.74) is 5.76. The molecule has 1 unspecified atom stereocenters. The van der Waals surface area contributed by atoms with Gasteiger partial charge in [-0.25, -0.2) is 0 Å². The molecule has 16 heavy (non-hydrogen) atoms. The number of carbonyl (C=O) groups excluding carboxylic acids is 1. The van der Waals surface area contributed by atoms with Gasteiger partial charge in [-0.3, -0.25) is 9.69 Å². The summed E-state index contributed by atoms with van der Waals surface area (Å²) >= 11 is 0. The molecule has 0 aromatic carbocycles. The van der Waals surface area contributed by atoms with Gasteiger partial charge in [0.25, 0.3) is 0 Å². The molecular formula is C11H24N4O. The first kappa shape index (κ1) is 13.4. The number of hydrogen-bond donors (Lipinski definition) is 2. The van der Waals surface area contributed by atoms with E-state index in [1.165, 1.54) is 0 Å². The first-order chi connectivity index (χ1) is 7.67. The van der Waals surface area contributed by atoms with Gasteiger partial charge in [-0.15, -0.1) is 0 Å². The highest BCUT2D eigenvalue weighted by Crippen LogP contribution is 2.08. The Balaban J connectivity index is 2.47. The van der Waals surface area contributed by atoms with Crippen molar-refractivity contribution in [3.05, 3.63) is 0 Å². The van der Waals surface area contributed by atoms with Crippen LogP contribution in [-0.4, -0.2) is 68.6 Å². The first-order valence-corrected chi connectivity index (χ1v) is 6.00. The Labute approximate surface area is 98.0 Å². The van der Waals surface area contributed by atoms with Crippen molar-refractivity contribution in [2.75, 3.05) is 46.8 Å². The molecule has 1 fully saturated rings. The third-order valence-corrected chi connectivity index (χ3v) is 3.24. The van der Waals surface area contributed by atoms with Gasteiger partial charge in [-0.2, -0.15) is 0 Å². The summed E-state index contributed by atoms with van der Waals surface area (Å²) in [7, 11) is 3.81. The minimum Gasteiger partial charge on any atom is -0.359 e. The maximum atomic E-state index is 11.4. The number of carbonyl (C=O) groups is 1. The number of nitrogens with one attached hydrogen (secondary N) is 1. The first-order valence-electron chi connectivity index (χ1n) is 6.00. The highest BCUT2D eigenvalue weighted by molar-refractivity contribution is 5.76. The molecule has 5 nitrogen and oxygen atoms in total. The zero-order chi connectivity index (χ0) is 12.0. The number of nitrogens with two attached hydrogens (primary N) is 1. The lowest BCUT2D eigenvalue weighted by atomic mass is 10.1. The molecule has 0 spiro atoms. The van der Waals surface area contributed by atoms with Crippen molar-refractivity contribution in [2.45, 2.75) is 18.9 Å². The fourth-order valence-corrected chi connectivity index (χ4v) is 2.11. The molecule has 5 heteroatoms. The number of rotatable bonds is 4. The lowest BCUT2D eigenvalue weighted by molar-refractivity contribution is -0.121. The van der Waals surface area contributed by atoms with Gasteiger partial charge in [0.05, 0.1) is 0 Å². The summed E-state index contributed by atoms with van der Waals surface area (Å²) < 4.78 is 0. The van der Waals surface area contributed by atoms with E-state index in [4.69, 9.17) is 5.73 Å². The standard InChI is InChI=1S/C11H24N4O/c1-13-11(16)8-10(9-12)15-5-3-4-14(2)6-7-15/h10H,3-9,12H2,1-2H3,(H,13,16). The smallest absolute Gasteiger partial charge is 0.221 e. The van der Waals surface area contributed by atoms with Crippen LogP contribution in [0.3, 0.4) is 0 Å². The van der Waals surface area contributed by atoms with E-state index in [-0.39, 0.29) is 11.9 Å². The molecule has 0 aromatic rings. The van der Waals surface area contributed by atoms with Crippen LogP contribution in [-0.2, 0) is 4.79 Å². The van der Waals surface area contributed by atoms with Gasteiger partial charge in [-0.05, 0) is 26.6 Å². The lowest BCUT2D eigenvalue weighted by Gasteiger charge is -2.29. The Hall–Kier alpha value is -0.650. The number of likely N-dealkylation sites (N-methyl/N-ethyl adjacent to an activating group) is 1. The van der Waals surface area contributed by atoms with Crippen LogP contribution in [0.15, 0.2) is 0 Å². The fourth-order valence-electron chi connectivity index (χ4n) is 2.11. The topological polar surface area (TPSA) is 61.6 Å². The number of amides is 1. The molecule has 1 aliphatic rings. The molecule has 1 aliphatic heterocycles. The molecule has 0 bridgehead atoms. The minimum atomic E-state index is 0.0769. The van der Waals surface area contributed by atoms with E-state index in [9.17, 15) is 4.79 Å². The Kier molecular flexibility index (Phi) is 5.73. The Morgan fingerprint density at radius 1 is 1.38 bits per heavy atom. The van der Waals surface area contributed by atoms with E-state index < -0.39 is 0 Å². The van der Waals surface area contributed by atoms with Gasteiger partial charge in [0.1, 0.15) is 0 Å². The van der Waals surface area contributed by atoms with Gasteiger partial charge in [0.15, 0.2) is 0 Å². The van der Waals surface area contributed by atoms with Crippen molar-refractivity contribution >= 4 is 5.91 Å². The monoisotopic (exact) mass is 228 g/mol. The second-order valence-corrected chi connectivity index (χ2v) is 4.46. The van der Waals surface area contributed by atoms with Crippen LogP contribution in [0.5, 0.6) is 0 Å². The number of nitrogens with zero attached hydrogens (tertiary/aromatic N) is 2. The predicted octanol–water partition coefficient (Wildman–Crippen LogP) is -0.913. The van der Waals surface area contributed by atoms with Gasteiger partial charge in [0, 0.05) is 39.1 Å². The molecule has 1 saturated heterocycles. The molecule has 0 aromatic heterocycles. The second kappa shape index (κ2) is 6.83. The largest absolute Gasteiger partial charge is 0.359 e.